The number of rotatable bonds is 11. The van der Waals surface area contributed by atoms with Crippen LogP contribution >= 0.6 is 54.1 Å². The predicted molar refractivity (Wildman–Crippen MR) is 155 cm³/mol. The number of amides is 2. The molecule has 21 heteroatoms. The van der Waals surface area contributed by atoms with Gasteiger partial charge in [0.25, 0.3) is 11.8 Å². The third kappa shape index (κ3) is 6.90. The zero-order valence-corrected chi connectivity index (χ0v) is 26.2. The molecule has 16 nitrogen and oxygen atoms in total. The molecule has 2 atom stereocenters. The SMILES string of the molecule is CCO/N=C(/C(=O)N[C@@H]1C(=O)N2C(C(=O)[O-])=C(Sc3nc(-c4cc[n+](C)cc4)cs3)CS[C@H]12)c1nsc(NP(=O)(O)O)n1. The Morgan fingerprint density at radius 2 is 2.07 bits per heavy atom. The highest BCUT2D eigenvalue weighted by molar-refractivity contribution is 8.07. The minimum Gasteiger partial charge on any atom is -0.543 e. The maximum absolute atomic E-state index is 13.1. The third-order valence-corrected chi connectivity index (χ3v) is 10.5. The summed E-state index contributed by atoms with van der Waals surface area (Å²) in [6, 6.07) is 2.72. The molecule has 2 aliphatic heterocycles. The van der Waals surface area contributed by atoms with Gasteiger partial charge in [-0.05, 0) is 6.92 Å². The van der Waals surface area contributed by atoms with Crippen LogP contribution < -0.4 is 20.1 Å². The second kappa shape index (κ2) is 12.7. The summed E-state index contributed by atoms with van der Waals surface area (Å²) in [4.78, 5) is 71.5. The van der Waals surface area contributed by atoms with Crippen LogP contribution in [-0.4, -0.2) is 76.3 Å². The van der Waals surface area contributed by atoms with Crippen molar-refractivity contribution >= 4 is 82.8 Å². The Hall–Kier alpha value is -3.39. The van der Waals surface area contributed by atoms with Crippen molar-refractivity contribution in [2.24, 2.45) is 12.2 Å². The molecule has 0 bridgehead atoms. The normalized spacial score (nSPS) is 18.7. The van der Waals surface area contributed by atoms with E-state index in [-0.39, 0.29) is 29.0 Å². The molecule has 0 aromatic carbocycles. The smallest absolute Gasteiger partial charge is 0.429 e. The highest BCUT2D eigenvalue weighted by Gasteiger charge is 2.53. The molecule has 0 aliphatic carbocycles. The van der Waals surface area contributed by atoms with Gasteiger partial charge in [0.15, 0.2) is 16.7 Å². The van der Waals surface area contributed by atoms with Crippen molar-refractivity contribution in [1.29, 1.82) is 0 Å². The van der Waals surface area contributed by atoms with Crippen LogP contribution in [0.15, 0.2) is 50.0 Å². The molecule has 1 saturated heterocycles. The lowest BCUT2D eigenvalue weighted by Gasteiger charge is -2.50. The second-order valence-electron chi connectivity index (χ2n) is 8.71. The Morgan fingerprint density at radius 3 is 2.74 bits per heavy atom. The molecule has 5 heterocycles. The van der Waals surface area contributed by atoms with Crippen LogP contribution in [0.25, 0.3) is 11.3 Å². The van der Waals surface area contributed by atoms with Gasteiger partial charge in [-0.1, -0.05) is 16.9 Å². The summed E-state index contributed by atoms with van der Waals surface area (Å²) in [5.41, 5.74) is 0.906. The summed E-state index contributed by atoms with van der Waals surface area (Å²) < 4.78 is 17.6. The van der Waals surface area contributed by atoms with Crippen molar-refractivity contribution in [2.45, 2.75) is 22.7 Å². The number of hydrogen-bond donors (Lipinski definition) is 4. The first-order valence-electron chi connectivity index (χ1n) is 12.1. The van der Waals surface area contributed by atoms with Crippen LogP contribution in [0.1, 0.15) is 12.7 Å². The summed E-state index contributed by atoms with van der Waals surface area (Å²) in [5.74, 6) is -3.19. The van der Waals surface area contributed by atoms with Crippen molar-refractivity contribution in [1.82, 2.24) is 24.6 Å². The first-order valence-corrected chi connectivity index (χ1v) is 17.2. The summed E-state index contributed by atoms with van der Waals surface area (Å²) in [5, 5.41) is 21.1. The first-order chi connectivity index (χ1) is 20.4. The van der Waals surface area contributed by atoms with Gasteiger partial charge in [-0.25, -0.2) is 14.1 Å². The molecule has 3 aromatic rings. The summed E-state index contributed by atoms with van der Waals surface area (Å²) in [6.07, 6.45) is 3.78. The summed E-state index contributed by atoms with van der Waals surface area (Å²) >= 11 is 4.31. The maximum Gasteiger partial charge on any atom is 0.429 e. The first kappa shape index (κ1) is 31.0. The van der Waals surface area contributed by atoms with E-state index in [9.17, 15) is 24.1 Å². The monoisotopic (exact) mass is 684 g/mol. The van der Waals surface area contributed by atoms with Crippen LogP contribution in [0, 0.1) is 0 Å². The number of oxime groups is 1. The Morgan fingerprint density at radius 1 is 1.33 bits per heavy atom. The number of aromatic nitrogens is 4. The van der Waals surface area contributed by atoms with E-state index in [4.69, 9.17) is 14.6 Å². The fraction of sp³-hybridized carbons (Fsp3) is 0.273. The van der Waals surface area contributed by atoms with Gasteiger partial charge in [-0.3, -0.25) is 19.6 Å². The van der Waals surface area contributed by atoms with E-state index in [0.29, 0.717) is 20.8 Å². The van der Waals surface area contributed by atoms with E-state index in [1.54, 1.807) is 6.92 Å². The number of carbonyl (C=O) groups excluding carboxylic acids is 3. The number of nitrogens with zero attached hydrogens (tertiary/aromatic N) is 6. The van der Waals surface area contributed by atoms with Crippen molar-refractivity contribution in [3.63, 3.8) is 0 Å². The molecule has 5 rings (SSSR count). The maximum atomic E-state index is 13.1. The molecular formula is C22H21N8O8PS4. The minimum absolute atomic E-state index is 0.0774. The molecule has 0 saturated carbocycles. The van der Waals surface area contributed by atoms with E-state index in [1.165, 1.54) is 23.1 Å². The van der Waals surface area contributed by atoms with Gasteiger partial charge in [-0.2, -0.15) is 9.36 Å². The van der Waals surface area contributed by atoms with Crippen molar-refractivity contribution < 1.29 is 43.2 Å². The van der Waals surface area contributed by atoms with Crippen LogP contribution in [-0.2, 0) is 30.8 Å². The van der Waals surface area contributed by atoms with E-state index in [2.05, 4.69) is 24.8 Å². The van der Waals surface area contributed by atoms with Gasteiger partial charge in [0.05, 0.1) is 17.4 Å². The van der Waals surface area contributed by atoms with Gasteiger partial charge in [-0.15, -0.1) is 23.1 Å². The molecule has 226 valence electrons. The number of nitrogens with one attached hydrogen (secondary N) is 2. The number of aryl methyl sites for hydroxylation is 1. The topological polar surface area (TPSA) is 223 Å². The summed E-state index contributed by atoms with van der Waals surface area (Å²) in [7, 11) is -2.78. The number of fused-ring (bicyclic) bond motifs is 1. The Labute approximate surface area is 259 Å². The van der Waals surface area contributed by atoms with Crippen molar-refractivity contribution in [3.8, 4) is 11.3 Å². The lowest BCUT2D eigenvalue weighted by Crippen LogP contribution is -2.71. The fourth-order valence-corrected chi connectivity index (χ4v) is 8.59. The van der Waals surface area contributed by atoms with Gasteiger partial charge >= 0.3 is 7.75 Å². The van der Waals surface area contributed by atoms with E-state index >= 15 is 0 Å². The second-order valence-corrected chi connectivity index (χ2v) is 14.1. The van der Waals surface area contributed by atoms with Crippen LogP contribution in [0.5, 0.6) is 0 Å². The molecule has 2 aliphatic rings. The standard InChI is InChI=1S/C22H21N8O8PS4/c1-3-38-26-13(16-25-21(43-28-16)27-39(35,36)37)17(31)24-14-18(32)30-15(20(33)34)12(9-40-19(14)30)42-22-23-11(8-41-22)10-4-6-29(2)7-5-10/h4-8,14,19H,3,9H2,1-2H3,(H4-,24,25,27,28,31,33,34,35,36,37)/b26-13+/t14-,19-/m1/s1. The molecule has 43 heavy (non-hydrogen) atoms. The van der Waals surface area contributed by atoms with Gasteiger partial charge in [0, 0.05) is 45.3 Å². The van der Waals surface area contributed by atoms with E-state index in [0.717, 1.165) is 27.9 Å². The third-order valence-electron chi connectivity index (χ3n) is 5.76. The van der Waals surface area contributed by atoms with Crippen LogP contribution in [0.4, 0.5) is 5.13 Å². The number of anilines is 1. The number of hydrogen-bond acceptors (Lipinski definition) is 14. The molecule has 1 fully saturated rings. The molecular weight excluding hydrogens is 664 g/mol. The zero-order valence-electron chi connectivity index (χ0n) is 22.1. The highest BCUT2D eigenvalue weighted by Crippen LogP contribution is 2.45. The number of carbonyl (C=O) groups is 3. The average molecular weight is 685 g/mol. The minimum atomic E-state index is -4.68. The molecule has 0 radical (unpaired) electrons. The Bertz CT molecular complexity index is 1690. The Balaban J connectivity index is 1.31. The van der Waals surface area contributed by atoms with Gasteiger partial charge in [0.1, 0.15) is 25.1 Å². The average Bonchev–Trinajstić information content (AvgIpc) is 3.60. The Kier molecular flexibility index (Phi) is 9.16. The van der Waals surface area contributed by atoms with Crippen molar-refractivity contribution in [3.05, 3.63) is 46.3 Å². The largest absolute Gasteiger partial charge is 0.543 e. The van der Waals surface area contributed by atoms with Gasteiger partial charge in [0.2, 0.25) is 16.7 Å². The number of β-lactam (4-membered cyclic amide) rings is 1. The van der Waals surface area contributed by atoms with Gasteiger partial charge < -0.3 is 29.8 Å². The quantitative estimate of drug-likeness (QED) is 0.0680. The molecule has 0 unspecified atom stereocenters. The molecule has 4 N–H and O–H groups in total. The number of aliphatic carboxylic acids is 1. The predicted octanol–water partition coefficient (Wildman–Crippen LogP) is -0.115. The van der Waals surface area contributed by atoms with E-state index < -0.39 is 42.7 Å². The highest BCUT2D eigenvalue weighted by atomic mass is 32.2. The molecule has 2 amide bonds. The number of pyridine rings is 1. The number of carboxylic acid groups (broad SMARTS) is 1. The lowest BCUT2D eigenvalue weighted by atomic mass is 10.0. The molecule has 3 aromatic heterocycles. The van der Waals surface area contributed by atoms with Crippen LogP contribution in [0.2, 0.25) is 0 Å². The summed E-state index contributed by atoms with van der Waals surface area (Å²) in [6.45, 7) is 1.69. The number of carboxylic acids is 1. The zero-order chi connectivity index (χ0) is 30.9. The molecule has 0 spiro atoms. The van der Waals surface area contributed by atoms with E-state index in [1.807, 2.05) is 46.6 Å². The lowest BCUT2D eigenvalue weighted by molar-refractivity contribution is -0.671. The van der Waals surface area contributed by atoms with Crippen molar-refractivity contribution in [2.75, 3.05) is 17.4 Å². The fourth-order valence-electron chi connectivity index (χ4n) is 3.89. The number of thiazole rings is 1. The number of thioether (sulfide) groups is 2. The van der Waals surface area contributed by atoms with Crippen LogP contribution in [0.3, 0.4) is 0 Å².